The van der Waals surface area contributed by atoms with Crippen LogP contribution < -0.4 is 10.6 Å². The number of nitriles is 1. The molecule has 0 aromatic heterocycles. The van der Waals surface area contributed by atoms with Gasteiger partial charge in [-0.3, -0.25) is 4.79 Å². The Bertz CT molecular complexity index is 549. The molecule has 0 spiro atoms. The molecule has 0 fully saturated rings. The largest absolute Gasteiger partial charge is 0.384 e. The summed E-state index contributed by atoms with van der Waals surface area (Å²) in [5.41, 5.74) is 1.95. The molecule has 0 aliphatic carbocycles. The number of hydrogen-bond acceptors (Lipinski definition) is 4. The van der Waals surface area contributed by atoms with Crippen molar-refractivity contribution in [1.29, 1.82) is 5.26 Å². The normalized spacial score (nSPS) is 14.2. The minimum atomic E-state index is 0.0500. The van der Waals surface area contributed by atoms with Gasteiger partial charge in [0.2, 0.25) is 5.91 Å². The first-order chi connectivity index (χ1) is 9.50. The van der Waals surface area contributed by atoms with Gasteiger partial charge in [-0.2, -0.15) is 5.26 Å². The van der Waals surface area contributed by atoms with Crippen molar-refractivity contribution in [3.05, 3.63) is 18.2 Å². The van der Waals surface area contributed by atoms with E-state index < -0.39 is 0 Å². The predicted molar refractivity (Wildman–Crippen MR) is 82.9 cm³/mol. The summed E-state index contributed by atoms with van der Waals surface area (Å²) in [6.45, 7) is 5.09. The molecule has 1 aliphatic heterocycles. The molecule has 0 saturated heterocycles. The third kappa shape index (κ3) is 3.91. The SMILES string of the molecule is CC(C)(CCC#N)CNc1ccc2c(c1)NC(=O)CS2. The number of nitrogens with one attached hydrogen (secondary N) is 2. The van der Waals surface area contributed by atoms with E-state index in [1.165, 1.54) is 0 Å². The number of fused-ring (bicyclic) bond motifs is 1. The Balaban J connectivity index is 1.99. The first-order valence-corrected chi connectivity index (χ1v) is 7.66. The summed E-state index contributed by atoms with van der Waals surface area (Å²) in [4.78, 5) is 12.5. The number of thioether (sulfide) groups is 1. The number of rotatable bonds is 5. The summed E-state index contributed by atoms with van der Waals surface area (Å²) in [6, 6.07) is 8.22. The van der Waals surface area contributed by atoms with Crippen molar-refractivity contribution >= 4 is 29.0 Å². The fourth-order valence-electron chi connectivity index (χ4n) is 2.02. The molecule has 0 atom stereocenters. The van der Waals surface area contributed by atoms with Gasteiger partial charge in [-0.05, 0) is 30.0 Å². The van der Waals surface area contributed by atoms with E-state index in [0.29, 0.717) is 12.2 Å². The summed E-state index contributed by atoms with van der Waals surface area (Å²) >= 11 is 1.56. The van der Waals surface area contributed by atoms with Gasteiger partial charge in [-0.1, -0.05) is 13.8 Å². The Morgan fingerprint density at radius 1 is 1.50 bits per heavy atom. The van der Waals surface area contributed by atoms with Gasteiger partial charge in [0.1, 0.15) is 0 Å². The second-order valence-corrected chi connectivity index (χ2v) is 6.74. The van der Waals surface area contributed by atoms with Crippen LogP contribution in [-0.2, 0) is 4.79 Å². The standard InChI is InChI=1S/C15H19N3OS/c1-15(2,6-3-7-16)10-17-11-4-5-13-12(8-11)18-14(19)9-20-13/h4-5,8,17H,3,6,9-10H2,1-2H3,(H,18,19). The van der Waals surface area contributed by atoms with E-state index in [-0.39, 0.29) is 11.3 Å². The van der Waals surface area contributed by atoms with Gasteiger partial charge >= 0.3 is 0 Å². The lowest BCUT2D eigenvalue weighted by molar-refractivity contribution is -0.113. The molecule has 1 aromatic rings. The van der Waals surface area contributed by atoms with E-state index in [1.807, 2.05) is 18.2 Å². The zero-order chi connectivity index (χ0) is 14.6. The molecule has 0 radical (unpaired) electrons. The maximum atomic E-state index is 11.4. The van der Waals surface area contributed by atoms with E-state index in [9.17, 15) is 4.79 Å². The van der Waals surface area contributed by atoms with Crippen molar-refractivity contribution in [3.63, 3.8) is 0 Å². The van der Waals surface area contributed by atoms with Gasteiger partial charge in [-0.25, -0.2) is 0 Å². The first-order valence-electron chi connectivity index (χ1n) is 6.68. The summed E-state index contributed by atoms with van der Waals surface area (Å²) in [5, 5.41) is 14.9. The van der Waals surface area contributed by atoms with Crippen molar-refractivity contribution in [2.75, 3.05) is 22.9 Å². The quantitative estimate of drug-likeness (QED) is 0.871. The predicted octanol–water partition coefficient (Wildman–Crippen LogP) is 3.47. The van der Waals surface area contributed by atoms with Crippen LogP contribution >= 0.6 is 11.8 Å². The molecule has 1 heterocycles. The molecule has 1 aliphatic rings. The zero-order valence-corrected chi connectivity index (χ0v) is 12.6. The molecule has 1 aromatic carbocycles. The molecular weight excluding hydrogens is 270 g/mol. The van der Waals surface area contributed by atoms with Crippen molar-refractivity contribution < 1.29 is 4.79 Å². The summed E-state index contributed by atoms with van der Waals surface area (Å²) < 4.78 is 0. The number of amides is 1. The van der Waals surface area contributed by atoms with E-state index >= 15 is 0 Å². The van der Waals surface area contributed by atoms with Crippen LogP contribution in [0.15, 0.2) is 23.1 Å². The van der Waals surface area contributed by atoms with Crippen LogP contribution in [0.2, 0.25) is 0 Å². The minimum Gasteiger partial charge on any atom is -0.384 e. The van der Waals surface area contributed by atoms with Gasteiger partial charge in [0.25, 0.3) is 0 Å². The van der Waals surface area contributed by atoms with Crippen LogP contribution in [0, 0.1) is 16.7 Å². The van der Waals surface area contributed by atoms with E-state index in [4.69, 9.17) is 5.26 Å². The Labute approximate surface area is 123 Å². The number of benzene rings is 1. The lowest BCUT2D eigenvalue weighted by Crippen LogP contribution is -2.23. The smallest absolute Gasteiger partial charge is 0.234 e. The zero-order valence-electron chi connectivity index (χ0n) is 11.8. The topological polar surface area (TPSA) is 64.9 Å². The highest BCUT2D eigenvalue weighted by Crippen LogP contribution is 2.33. The molecule has 4 nitrogen and oxygen atoms in total. The fraction of sp³-hybridized carbons (Fsp3) is 0.467. The number of carbonyl (C=O) groups is 1. The summed E-state index contributed by atoms with van der Waals surface area (Å²) in [6.07, 6.45) is 1.44. The van der Waals surface area contributed by atoms with Gasteiger partial charge in [0.15, 0.2) is 0 Å². The van der Waals surface area contributed by atoms with Gasteiger partial charge in [-0.15, -0.1) is 11.8 Å². The van der Waals surface area contributed by atoms with Crippen molar-refractivity contribution in [2.45, 2.75) is 31.6 Å². The van der Waals surface area contributed by atoms with Crippen molar-refractivity contribution in [3.8, 4) is 6.07 Å². The molecule has 106 valence electrons. The maximum Gasteiger partial charge on any atom is 0.234 e. The third-order valence-corrected chi connectivity index (χ3v) is 4.37. The first kappa shape index (κ1) is 14.7. The number of hydrogen-bond donors (Lipinski definition) is 2. The second kappa shape index (κ2) is 6.19. The Hall–Kier alpha value is -1.67. The Morgan fingerprint density at radius 2 is 2.30 bits per heavy atom. The van der Waals surface area contributed by atoms with Crippen LogP contribution in [-0.4, -0.2) is 18.2 Å². The molecular formula is C15H19N3OS. The third-order valence-electron chi connectivity index (χ3n) is 3.30. The Kier molecular flexibility index (Phi) is 4.56. The van der Waals surface area contributed by atoms with Crippen LogP contribution in [0.3, 0.4) is 0 Å². The van der Waals surface area contributed by atoms with E-state index in [0.717, 1.165) is 29.2 Å². The van der Waals surface area contributed by atoms with E-state index in [2.05, 4.69) is 30.6 Å². The van der Waals surface area contributed by atoms with Crippen molar-refractivity contribution in [2.24, 2.45) is 5.41 Å². The van der Waals surface area contributed by atoms with E-state index in [1.54, 1.807) is 11.8 Å². The second-order valence-electron chi connectivity index (χ2n) is 5.72. The minimum absolute atomic E-state index is 0.0500. The highest BCUT2D eigenvalue weighted by Gasteiger charge is 2.18. The van der Waals surface area contributed by atoms with Gasteiger partial charge < -0.3 is 10.6 Å². The van der Waals surface area contributed by atoms with Gasteiger partial charge in [0, 0.05) is 23.5 Å². The van der Waals surface area contributed by atoms with Gasteiger partial charge in [0.05, 0.1) is 17.5 Å². The average Bonchev–Trinajstić information content (AvgIpc) is 2.42. The molecule has 5 heteroatoms. The fourth-order valence-corrected chi connectivity index (χ4v) is 2.81. The highest BCUT2D eigenvalue weighted by molar-refractivity contribution is 8.00. The summed E-state index contributed by atoms with van der Waals surface area (Å²) in [7, 11) is 0. The van der Waals surface area contributed by atoms with Crippen LogP contribution in [0.1, 0.15) is 26.7 Å². The Morgan fingerprint density at radius 3 is 3.05 bits per heavy atom. The number of anilines is 2. The molecule has 0 bridgehead atoms. The molecule has 2 rings (SSSR count). The molecule has 0 saturated carbocycles. The maximum absolute atomic E-state index is 11.4. The summed E-state index contributed by atoms with van der Waals surface area (Å²) in [5.74, 6) is 0.537. The highest BCUT2D eigenvalue weighted by atomic mass is 32.2. The number of nitrogens with zero attached hydrogens (tertiary/aromatic N) is 1. The molecule has 0 unspecified atom stereocenters. The number of carbonyl (C=O) groups excluding carboxylic acids is 1. The lowest BCUT2D eigenvalue weighted by atomic mass is 9.88. The monoisotopic (exact) mass is 289 g/mol. The van der Waals surface area contributed by atoms with Crippen LogP contribution in [0.4, 0.5) is 11.4 Å². The molecule has 1 amide bonds. The van der Waals surface area contributed by atoms with Crippen LogP contribution in [0.5, 0.6) is 0 Å². The van der Waals surface area contributed by atoms with Crippen LogP contribution in [0.25, 0.3) is 0 Å². The van der Waals surface area contributed by atoms with Crippen molar-refractivity contribution in [1.82, 2.24) is 0 Å². The lowest BCUT2D eigenvalue weighted by Gasteiger charge is -2.25. The average molecular weight is 289 g/mol. The molecule has 20 heavy (non-hydrogen) atoms. The molecule has 2 N–H and O–H groups in total.